The van der Waals surface area contributed by atoms with E-state index in [0.717, 1.165) is 27.6 Å². The second-order valence-electron chi connectivity index (χ2n) is 12.6. The van der Waals surface area contributed by atoms with Gasteiger partial charge in [-0.3, -0.25) is 9.69 Å². The van der Waals surface area contributed by atoms with Crippen LogP contribution in [0.1, 0.15) is 40.8 Å². The molecule has 12 heteroatoms. The molecule has 0 radical (unpaired) electrons. The lowest BCUT2D eigenvalue weighted by molar-refractivity contribution is -0.138. The molecule has 0 spiro atoms. The highest BCUT2D eigenvalue weighted by atomic mass is 32.1. The Labute approximate surface area is 314 Å². The Morgan fingerprint density at radius 3 is 2.19 bits per heavy atom. The van der Waals surface area contributed by atoms with Crippen molar-refractivity contribution in [1.29, 1.82) is 0 Å². The molecule has 0 bridgehead atoms. The lowest BCUT2D eigenvalue weighted by Gasteiger charge is -2.30. The summed E-state index contributed by atoms with van der Waals surface area (Å²) in [5, 5.41) is 0.317. The molecule has 0 aliphatic rings. The maximum atomic E-state index is 14.5. The van der Waals surface area contributed by atoms with E-state index in [0.29, 0.717) is 27.3 Å². The van der Waals surface area contributed by atoms with E-state index in [2.05, 4.69) is 0 Å². The van der Waals surface area contributed by atoms with Crippen LogP contribution in [0.5, 0.6) is 17.2 Å². The Bertz CT molecular complexity index is 2290. The van der Waals surface area contributed by atoms with E-state index in [-0.39, 0.29) is 37.4 Å². The van der Waals surface area contributed by atoms with Gasteiger partial charge in [0.1, 0.15) is 16.3 Å². The molecule has 54 heavy (non-hydrogen) atoms. The third-order valence-corrected chi connectivity index (χ3v) is 10.5. The number of rotatable bonds is 13. The molecule has 2 aromatic heterocycles. The smallest absolute Gasteiger partial charge is 0.497 e. The van der Waals surface area contributed by atoms with E-state index < -0.39 is 29.4 Å². The average molecular weight is 757 g/mol. The number of pyridine rings is 1. The summed E-state index contributed by atoms with van der Waals surface area (Å²) >= 11 is 1.40. The van der Waals surface area contributed by atoms with Gasteiger partial charge in [-0.25, -0.2) is 4.79 Å². The summed E-state index contributed by atoms with van der Waals surface area (Å²) in [7, 11) is 4.98. The number of hydrogen-bond acceptors (Lipinski definition) is 8. The zero-order valence-corrected chi connectivity index (χ0v) is 31.0. The van der Waals surface area contributed by atoms with Crippen molar-refractivity contribution < 1.29 is 36.9 Å². The van der Waals surface area contributed by atoms with Gasteiger partial charge >= 0.3 is 12.3 Å². The van der Waals surface area contributed by atoms with Crippen molar-refractivity contribution in [3.05, 3.63) is 147 Å². The third kappa shape index (κ3) is 8.30. The molecule has 280 valence electrons. The number of ether oxygens (including phenoxy) is 4. The predicted molar refractivity (Wildman–Crippen MR) is 204 cm³/mol. The van der Waals surface area contributed by atoms with Crippen molar-refractivity contribution in [3.8, 4) is 27.7 Å². The highest BCUT2D eigenvalue weighted by Crippen LogP contribution is 2.42. The maximum Gasteiger partial charge on any atom is 0.514 e. The quantitative estimate of drug-likeness (QED) is 0.109. The normalized spacial score (nSPS) is 12.1. The largest absolute Gasteiger partial charge is 0.514 e. The van der Waals surface area contributed by atoms with E-state index >= 15 is 0 Å². The summed E-state index contributed by atoms with van der Waals surface area (Å²) in [6.07, 6.45) is -4.01. The lowest BCUT2D eigenvalue weighted by Crippen LogP contribution is -2.27. The van der Waals surface area contributed by atoms with Crippen LogP contribution >= 0.6 is 11.3 Å². The van der Waals surface area contributed by atoms with Crippen molar-refractivity contribution in [1.82, 2.24) is 9.47 Å². The number of likely N-dealkylation sites (N-methyl/N-ethyl adjacent to an activating group) is 1. The number of benzene rings is 4. The van der Waals surface area contributed by atoms with Crippen LogP contribution in [0.2, 0.25) is 0 Å². The number of carbonyl (C=O) groups excluding carboxylic acids is 1. The lowest BCUT2D eigenvalue weighted by atomic mass is 9.93. The Balaban J connectivity index is 1.56. The number of methoxy groups -OCH3 is 2. The minimum Gasteiger partial charge on any atom is -0.497 e. The minimum absolute atomic E-state index is 0.0466. The van der Waals surface area contributed by atoms with Crippen molar-refractivity contribution in [2.24, 2.45) is 0 Å². The van der Waals surface area contributed by atoms with Crippen LogP contribution in [0, 0.1) is 0 Å². The van der Waals surface area contributed by atoms with Crippen molar-refractivity contribution in [3.63, 3.8) is 0 Å². The molecule has 0 saturated heterocycles. The first-order valence-electron chi connectivity index (χ1n) is 17.2. The Morgan fingerprint density at radius 2 is 1.52 bits per heavy atom. The summed E-state index contributed by atoms with van der Waals surface area (Å²) in [5.74, 6) is 1.05. The Morgan fingerprint density at radius 1 is 0.852 bits per heavy atom. The molecule has 6 aromatic rings. The number of aromatic nitrogens is 1. The van der Waals surface area contributed by atoms with Crippen LogP contribution in [0.3, 0.4) is 0 Å². The fourth-order valence-electron chi connectivity index (χ4n) is 6.59. The molecule has 0 aliphatic heterocycles. The predicted octanol–water partition coefficient (Wildman–Crippen LogP) is 9.77. The first-order valence-corrected chi connectivity index (χ1v) is 18.0. The van der Waals surface area contributed by atoms with Gasteiger partial charge in [-0.2, -0.15) is 13.2 Å². The van der Waals surface area contributed by atoms with E-state index in [1.54, 1.807) is 27.2 Å². The molecule has 1 atom stereocenters. The standard InChI is InChI=1S/C42H39F3N2O6S/c1-5-52-41(49)53-36-26-47(24-30-16-10-12-18-35(30)51-4)40-37(38(36)48)32(39(54-40)28-19-21-31(50-3)22-20-28)25-46(2)34(27-13-7-6-8-14-27)23-29-15-9-11-17-33(29)42(43,44)45/h6-22,26,34H,5,23-25H2,1-4H3. The second kappa shape index (κ2) is 16.6. The molecular weight excluding hydrogens is 718 g/mol. The van der Waals surface area contributed by atoms with Gasteiger partial charge in [0, 0.05) is 23.0 Å². The molecule has 6 rings (SSSR count). The minimum atomic E-state index is -4.54. The third-order valence-electron chi connectivity index (χ3n) is 9.17. The summed E-state index contributed by atoms with van der Waals surface area (Å²) in [4.78, 5) is 30.5. The van der Waals surface area contributed by atoms with Crippen LogP contribution in [0.4, 0.5) is 18.0 Å². The second-order valence-corrected chi connectivity index (χ2v) is 13.6. The Kier molecular flexibility index (Phi) is 11.7. The van der Waals surface area contributed by atoms with Gasteiger partial charge in [0.15, 0.2) is 5.75 Å². The Hall–Kier alpha value is -5.59. The van der Waals surface area contributed by atoms with Gasteiger partial charge in [0.2, 0.25) is 5.43 Å². The molecular formula is C42H39F3N2O6S. The van der Waals surface area contributed by atoms with Gasteiger partial charge in [0.05, 0.1) is 44.5 Å². The van der Waals surface area contributed by atoms with Crippen LogP contribution in [-0.4, -0.2) is 43.5 Å². The summed E-state index contributed by atoms with van der Waals surface area (Å²) in [5.41, 5.74) is 1.99. The molecule has 0 fully saturated rings. The summed E-state index contributed by atoms with van der Waals surface area (Å²) in [6.45, 7) is 2.10. The number of carbonyl (C=O) groups is 1. The number of hydrogen-bond donors (Lipinski definition) is 0. The van der Waals surface area contributed by atoms with E-state index in [9.17, 15) is 22.8 Å². The van der Waals surface area contributed by atoms with E-state index in [1.807, 2.05) is 95.4 Å². The van der Waals surface area contributed by atoms with Gasteiger partial charge in [-0.05, 0) is 79.0 Å². The zero-order valence-electron chi connectivity index (χ0n) is 30.2. The monoisotopic (exact) mass is 756 g/mol. The fourth-order valence-corrected chi connectivity index (χ4v) is 7.88. The molecule has 4 aromatic carbocycles. The number of fused-ring (bicyclic) bond motifs is 1. The number of thiophene rings is 1. The van der Waals surface area contributed by atoms with Crippen molar-refractivity contribution in [2.75, 3.05) is 27.9 Å². The molecule has 1 unspecified atom stereocenters. The summed E-state index contributed by atoms with van der Waals surface area (Å²) < 4.78 is 66.1. The fraction of sp³-hybridized carbons (Fsp3) is 0.238. The van der Waals surface area contributed by atoms with Gasteiger partial charge in [0.25, 0.3) is 0 Å². The molecule has 0 amide bonds. The molecule has 0 saturated carbocycles. The topological polar surface area (TPSA) is 79.2 Å². The number of para-hydroxylation sites is 1. The van der Waals surface area contributed by atoms with Crippen LogP contribution in [0.25, 0.3) is 20.7 Å². The number of alkyl halides is 3. The van der Waals surface area contributed by atoms with Crippen LogP contribution in [-0.2, 0) is 30.4 Å². The molecule has 0 aliphatic carbocycles. The van der Waals surface area contributed by atoms with Crippen molar-refractivity contribution in [2.45, 2.75) is 38.7 Å². The highest BCUT2D eigenvalue weighted by Gasteiger charge is 2.34. The SMILES string of the molecule is CCOC(=O)Oc1cn(Cc2ccccc2OC)c2sc(-c3ccc(OC)cc3)c(CN(C)C(Cc3ccccc3C(F)(F)F)c3ccccc3)c2c1=O. The maximum absolute atomic E-state index is 14.5. The summed E-state index contributed by atoms with van der Waals surface area (Å²) in [6, 6.07) is 29.3. The molecule has 2 heterocycles. The molecule has 0 N–H and O–H groups in total. The van der Waals surface area contributed by atoms with Gasteiger partial charge in [-0.1, -0.05) is 66.7 Å². The number of halogens is 3. The average Bonchev–Trinajstić information content (AvgIpc) is 3.55. The van der Waals surface area contributed by atoms with Crippen molar-refractivity contribution >= 4 is 27.7 Å². The number of nitrogens with zero attached hydrogens (tertiary/aromatic N) is 2. The van der Waals surface area contributed by atoms with Gasteiger partial charge in [-0.15, -0.1) is 11.3 Å². The van der Waals surface area contributed by atoms with Crippen LogP contribution < -0.4 is 19.6 Å². The van der Waals surface area contributed by atoms with E-state index in [4.69, 9.17) is 18.9 Å². The molecule has 8 nitrogen and oxygen atoms in total. The highest BCUT2D eigenvalue weighted by molar-refractivity contribution is 7.22. The first-order chi connectivity index (χ1) is 26.0. The van der Waals surface area contributed by atoms with Gasteiger partial charge < -0.3 is 23.5 Å². The van der Waals surface area contributed by atoms with Crippen LogP contribution in [0.15, 0.2) is 114 Å². The first kappa shape index (κ1) is 38.1. The van der Waals surface area contributed by atoms with E-state index in [1.165, 1.54) is 29.7 Å². The zero-order chi connectivity index (χ0) is 38.4.